The Kier molecular flexibility index (Phi) is 5.88. The fourth-order valence-electron chi connectivity index (χ4n) is 2.89. The van der Waals surface area contributed by atoms with E-state index in [1.54, 1.807) is 12.1 Å². The van der Waals surface area contributed by atoms with E-state index in [2.05, 4.69) is 15.0 Å². The molecule has 0 bridgehead atoms. The molecule has 0 atom stereocenters. The molecule has 4 rings (SSSR count). The van der Waals surface area contributed by atoms with E-state index in [4.69, 9.17) is 5.14 Å². The van der Waals surface area contributed by atoms with Gasteiger partial charge in [0.1, 0.15) is 5.82 Å². The normalized spacial score (nSPS) is 11.9. The molecule has 0 aliphatic heterocycles. The van der Waals surface area contributed by atoms with Crippen LogP contribution in [0.25, 0.3) is 10.2 Å². The number of rotatable bonds is 6. The van der Waals surface area contributed by atoms with Crippen molar-refractivity contribution in [3.8, 4) is 0 Å². The van der Waals surface area contributed by atoms with Crippen LogP contribution < -0.4 is 15.2 Å². The average Bonchev–Trinajstić information content (AvgIpc) is 3.15. The van der Waals surface area contributed by atoms with Gasteiger partial charge in [-0.3, -0.25) is 14.8 Å². The summed E-state index contributed by atoms with van der Waals surface area (Å²) in [5.41, 5.74) is 0.484. The van der Waals surface area contributed by atoms with Gasteiger partial charge in [0, 0.05) is 0 Å². The third kappa shape index (κ3) is 5.01. The van der Waals surface area contributed by atoms with E-state index >= 15 is 0 Å². The zero-order chi connectivity index (χ0) is 23.8. The summed E-state index contributed by atoms with van der Waals surface area (Å²) in [6.07, 6.45) is 0. The molecule has 0 saturated carbocycles. The monoisotopic (exact) mass is 506 g/mol. The van der Waals surface area contributed by atoms with Crippen LogP contribution in [0.3, 0.4) is 0 Å². The van der Waals surface area contributed by atoms with Crippen molar-refractivity contribution in [3.05, 3.63) is 78.1 Å². The topological polar surface area (TPSA) is 148 Å². The van der Waals surface area contributed by atoms with Gasteiger partial charge >= 0.3 is 0 Å². The van der Waals surface area contributed by atoms with Gasteiger partial charge in [0.05, 0.1) is 31.3 Å². The van der Waals surface area contributed by atoms with Gasteiger partial charge in [-0.1, -0.05) is 23.5 Å². The summed E-state index contributed by atoms with van der Waals surface area (Å²) in [6.45, 7) is 0. The van der Waals surface area contributed by atoms with Crippen LogP contribution in [0.1, 0.15) is 10.4 Å². The zero-order valence-electron chi connectivity index (χ0n) is 16.5. The van der Waals surface area contributed by atoms with Gasteiger partial charge < -0.3 is 0 Å². The highest BCUT2D eigenvalue weighted by atomic mass is 32.2. The van der Waals surface area contributed by atoms with Gasteiger partial charge in [-0.25, -0.2) is 31.3 Å². The summed E-state index contributed by atoms with van der Waals surface area (Å²) < 4.78 is 64.3. The number of nitrogens with two attached hydrogens (primary N) is 1. The first kappa shape index (κ1) is 22.8. The molecule has 0 radical (unpaired) electrons. The van der Waals surface area contributed by atoms with Crippen molar-refractivity contribution in [1.82, 2.24) is 4.98 Å². The average molecular weight is 507 g/mol. The Labute approximate surface area is 192 Å². The second kappa shape index (κ2) is 8.51. The minimum atomic E-state index is -4.08. The number of nitrogens with zero attached hydrogens (tertiary/aromatic N) is 1. The van der Waals surface area contributed by atoms with Gasteiger partial charge in [-0.05, 0) is 54.6 Å². The first-order valence-corrected chi connectivity index (χ1v) is 13.0. The first-order valence-electron chi connectivity index (χ1n) is 9.15. The lowest BCUT2D eigenvalue weighted by molar-refractivity contribution is 0.102. The molecule has 4 aromatic rings. The summed E-state index contributed by atoms with van der Waals surface area (Å²) in [5.74, 6) is -1.22. The van der Waals surface area contributed by atoms with Crippen molar-refractivity contribution in [1.29, 1.82) is 0 Å². The molecule has 0 aliphatic carbocycles. The summed E-state index contributed by atoms with van der Waals surface area (Å²) in [5, 5.41) is 7.90. The van der Waals surface area contributed by atoms with Gasteiger partial charge in [0.2, 0.25) is 10.0 Å². The fraction of sp³-hybridized carbons (Fsp3) is 0. The third-order valence-corrected chi connectivity index (χ3v) is 7.67. The van der Waals surface area contributed by atoms with Crippen LogP contribution >= 0.6 is 11.3 Å². The molecule has 4 N–H and O–H groups in total. The van der Waals surface area contributed by atoms with E-state index in [1.165, 1.54) is 30.3 Å². The smallest absolute Gasteiger partial charge is 0.261 e. The lowest BCUT2D eigenvalue weighted by atomic mass is 10.2. The van der Waals surface area contributed by atoms with Gasteiger partial charge in [0.25, 0.3) is 15.9 Å². The summed E-state index contributed by atoms with van der Waals surface area (Å²) >= 11 is 1.03. The fourth-order valence-corrected chi connectivity index (χ4v) is 5.48. The third-order valence-electron chi connectivity index (χ3n) is 4.45. The van der Waals surface area contributed by atoms with Crippen LogP contribution in [0, 0.1) is 5.82 Å². The SMILES string of the molecule is NS(=O)(=O)c1ccc2nc(NC(=O)c3ccccc3NS(=O)(=O)c3ccc(F)cc3)sc2c1. The quantitative estimate of drug-likeness (QED) is 0.366. The molecule has 170 valence electrons. The number of anilines is 2. The van der Waals surface area contributed by atoms with Crippen LogP contribution in [-0.4, -0.2) is 27.7 Å². The van der Waals surface area contributed by atoms with Crippen LogP contribution in [0.15, 0.2) is 76.5 Å². The van der Waals surface area contributed by atoms with Crippen LogP contribution in [0.4, 0.5) is 15.2 Å². The van der Waals surface area contributed by atoms with E-state index in [1.807, 2.05) is 0 Å². The van der Waals surface area contributed by atoms with Crippen LogP contribution in [0.2, 0.25) is 0 Å². The van der Waals surface area contributed by atoms with E-state index in [9.17, 15) is 26.0 Å². The van der Waals surface area contributed by atoms with Crippen molar-refractivity contribution in [2.45, 2.75) is 9.79 Å². The van der Waals surface area contributed by atoms with Crippen molar-refractivity contribution >= 4 is 58.3 Å². The number of benzene rings is 3. The standard InChI is InChI=1S/C20H15FN4O5S3/c21-12-5-7-13(8-6-12)33(29,30)25-16-4-2-1-3-15(16)19(26)24-20-23-17-10-9-14(32(22,27)28)11-18(17)31-20/h1-11,25H,(H2,22,27,28)(H,23,24,26). The second-order valence-electron chi connectivity index (χ2n) is 6.75. The van der Waals surface area contributed by atoms with E-state index in [0.29, 0.717) is 10.2 Å². The number of nitrogens with one attached hydrogen (secondary N) is 2. The predicted octanol–water partition coefficient (Wildman–Crippen LogP) is 3.14. The van der Waals surface area contributed by atoms with E-state index in [-0.39, 0.29) is 26.2 Å². The number of amides is 1. The van der Waals surface area contributed by atoms with Crippen molar-refractivity contribution in [2.75, 3.05) is 10.0 Å². The molecular weight excluding hydrogens is 491 g/mol. The summed E-state index contributed by atoms with van der Waals surface area (Å²) in [7, 11) is -7.97. The Morgan fingerprint density at radius 2 is 1.61 bits per heavy atom. The molecule has 33 heavy (non-hydrogen) atoms. The highest BCUT2D eigenvalue weighted by Crippen LogP contribution is 2.29. The van der Waals surface area contributed by atoms with E-state index in [0.717, 1.165) is 35.6 Å². The van der Waals surface area contributed by atoms with Crippen LogP contribution in [-0.2, 0) is 20.0 Å². The first-order chi connectivity index (χ1) is 15.5. The Bertz CT molecular complexity index is 1580. The summed E-state index contributed by atoms with van der Waals surface area (Å²) in [6, 6.07) is 14.3. The molecule has 3 aromatic carbocycles. The molecular formula is C20H15FN4O5S3. The van der Waals surface area contributed by atoms with E-state index < -0.39 is 31.8 Å². The zero-order valence-corrected chi connectivity index (χ0v) is 19.0. The predicted molar refractivity (Wildman–Crippen MR) is 123 cm³/mol. The maximum absolute atomic E-state index is 13.1. The highest BCUT2D eigenvalue weighted by molar-refractivity contribution is 7.92. The molecule has 0 fully saturated rings. The maximum Gasteiger partial charge on any atom is 0.261 e. The van der Waals surface area contributed by atoms with Crippen LogP contribution in [0.5, 0.6) is 0 Å². The van der Waals surface area contributed by atoms with Crippen molar-refractivity contribution in [2.24, 2.45) is 5.14 Å². The molecule has 0 spiro atoms. The number of para-hydroxylation sites is 1. The molecule has 1 amide bonds. The molecule has 13 heteroatoms. The second-order valence-corrected chi connectivity index (χ2v) is 11.0. The number of carbonyl (C=O) groups is 1. The molecule has 9 nitrogen and oxygen atoms in total. The van der Waals surface area contributed by atoms with Gasteiger partial charge in [0.15, 0.2) is 5.13 Å². The lowest BCUT2D eigenvalue weighted by Gasteiger charge is -2.12. The largest absolute Gasteiger partial charge is 0.298 e. The molecule has 1 heterocycles. The number of halogens is 1. The molecule has 0 unspecified atom stereocenters. The number of sulfonamides is 2. The Morgan fingerprint density at radius 1 is 0.939 bits per heavy atom. The molecule has 0 saturated heterocycles. The van der Waals surface area contributed by atoms with Crippen molar-refractivity contribution < 1.29 is 26.0 Å². The number of fused-ring (bicyclic) bond motifs is 1. The Balaban J connectivity index is 1.60. The minimum Gasteiger partial charge on any atom is -0.298 e. The number of carbonyl (C=O) groups excluding carboxylic acids is 1. The van der Waals surface area contributed by atoms with Crippen molar-refractivity contribution in [3.63, 3.8) is 0 Å². The van der Waals surface area contributed by atoms with Gasteiger partial charge in [-0.15, -0.1) is 0 Å². The van der Waals surface area contributed by atoms with Gasteiger partial charge in [-0.2, -0.15) is 0 Å². The molecule has 1 aromatic heterocycles. The Morgan fingerprint density at radius 3 is 2.30 bits per heavy atom. The number of thiazole rings is 1. The summed E-state index contributed by atoms with van der Waals surface area (Å²) in [4.78, 5) is 16.8. The number of aromatic nitrogens is 1. The highest BCUT2D eigenvalue weighted by Gasteiger charge is 2.20. The minimum absolute atomic E-state index is 0.0111. The number of primary sulfonamides is 1. The lowest BCUT2D eigenvalue weighted by Crippen LogP contribution is -2.18. The number of hydrogen-bond donors (Lipinski definition) is 3. The Hall–Kier alpha value is -3.39. The maximum atomic E-state index is 13.1. The molecule has 0 aliphatic rings. The number of hydrogen-bond acceptors (Lipinski definition) is 7.